The lowest BCUT2D eigenvalue weighted by molar-refractivity contribution is -0.137. The largest absolute Gasteiger partial charge is 0.418 e. The Morgan fingerprint density at radius 2 is 1.86 bits per heavy atom. The summed E-state index contributed by atoms with van der Waals surface area (Å²) in [5.41, 5.74) is -1.19. The fourth-order valence-corrected chi connectivity index (χ4v) is 3.43. The van der Waals surface area contributed by atoms with Gasteiger partial charge >= 0.3 is 6.18 Å². The zero-order chi connectivity index (χ0) is 20.9. The molecule has 156 valence electrons. The summed E-state index contributed by atoms with van der Waals surface area (Å²) < 4.78 is 39.1. The van der Waals surface area contributed by atoms with Gasteiger partial charge in [0.05, 0.1) is 23.8 Å². The van der Waals surface area contributed by atoms with Crippen LogP contribution in [0.3, 0.4) is 0 Å². The Morgan fingerprint density at radius 3 is 2.50 bits per heavy atom. The maximum atomic E-state index is 13.0. The number of hydrogen-bond donors (Lipinski definition) is 2. The lowest BCUT2D eigenvalue weighted by atomic mass is 9.86. The number of amides is 2. The Hall–Kier alpha value is -2.09. The van der Waals surface area contributed by atoms with Crippen LogP contribution in [0.5, 0.6) is 0 Å². The van der Waals surface area contributed by atoms with E-state index in [0.717, 1.165) is 25.3 Å². The zero-order valence-electron chi connectivity index (χ0n) is 16.5. The molecule has 0 unspecified atom stereocenters. The Labute approximate surface area is 163 Å². The molecule has 2 amide bonds. The molecule has 0 bridgehead atoms. The van der Waals surface area contributed by atoms with Gasteiger partial charge in [0.1, 0.15) is 0 Å². The van der Waals surface area contributed by atoms with Crippen molar-refractivity contribution in [3.05, 3.63) is 29.8 Å². The number of rotatable bonds is 6. The van der Waals surface area contributed by atoms with Crippen LogP contribution in [0.1, 0.15) is 45.1 Å². The van der Waals surface area contributed by atoms with Gasteiger partial charge in [-0.3, -0.25) is 14.5 Å². The van der Waals surface area contributed by atoms with Crippen LogP contribution in [-0.2, 0) is 15.8 Å². The fourth-order valence-electron chi connectivity index (χ4n) is 3.43. The molecule has 0 aliphatic heterocycles. The lowest BCUT2D eigenvalue weighted by Gasteiger charge is -2.32. The fraction of sp³-hybridized carbons (Fsp3) is 0.600. The molecule has 0 spiro atoms. The normalized spacial score (nSPS) is 21.2. The number of halogens is 3. The predicted octanol–water partition coefficient (Wildman–Crippen LogP) is 3.66. The first-order valence-corrected chi connectivity index (χ1v) is 9.56. The van der Waals surface area contributed by atoms with E-state index >= 15 is 0 Å². The summed E-state index contributed by atoms with van der Waals surface area (Å²) in [6.07, 6.45) is -0.281. The van der Waals surface area contributed by atoms with Crippen LogP contribution < -0.4 is 10.6 Å². The second-order valence-corrected chi connectivity index (χ2v) is 7.56. The third kappa shape index (κ3) is 5.95. The van der Waals surface area contributed by atoms with Crippen molar-refractivity contribution in [2.75, 3.05) is 18.9 Å². The monoisotopic (exact) mass is 399 g/mol. The number of nitrogens with one attached hydrogen (secondary N) is 2. The molecule has 1 aromatic rings. The third-order valence-electron chi connectivity index (χ3n) is 5.38. The molecule has 28 heavy (non-hydrogen) atoms. The molecule has 0 radical (unpaired) electrons. The van der Waals surface area contributed by atoms with Gasteiger partial charge in [-0.1, -0.05) is 31.9 Å². The van der Waals surface area contributed by atoms with Crippen molar-refractivity contribution in [1.29, 1.82) is 0 Å². The van der Waals surface area contributed by atoms with Gasteiger partial charge in [0.15, 0.2) is 0 Å². The summed E-state index contributed by atoms with van der Waals surface area (Å²) in [6, 6.07) is 4.38. The molecule has 3 atom stereocenters. The van der Waals surface area contributed by atoms with Crippen molar-refractivity contribution in [1.82, 2.24) is 10.2 Å². The molecule has 5 nitrogen and oxygen atoms in total. The van der Waals surface area contributed by atoms with Crippen LogP contribution in [-0.4, -0.2) is 42.4 Å². The van der Waals surface area contributed by atoms with Gasteiger partial charge in [-0.05, 0) is 44.9 Å². The lowest BCUT2D eigenvalue weighted by Crippen LogP contribution is -2.50. The average molecular weight is 399 g/mol. The number of alkyl halides is 3. The smallest absolute Gasteiger partial charge is 0.352 e. The topological polar surface area (TPSA) is 61.4 Å². The van der Waals surface area contributed by atoms with E-state index in [1.54, 1.807) is 14.0 Å². The van der Waals surface area contributed by atoms with Gasteiger partial charge in [0, 0.05) is 6.04 Å². The highest BCUT2D eigenvalue weighted by Gasteiger charge is 2.34. The van der Waals surface area contributed by atoms with E-state index in [4.69, 9.17) is 0 Å². The molecule has 1 aliphatic carbocycles. The van der Waals surface area contributed by atoms with Crippen molar-refractivity contribution in [2.45, 2.75) is 57.8 Å². The molecule has 1 aliphatic rings. The average Bonchev–Trinajstić information content (AvgIpc) is 2.62. The first-order valence-electron chi connectivity index (χ1n) is 9.56. The van der Waals surface area contributed by atoms with E-state index in [0.29, 0.717) is 5.92 Å². The van der Waals surface area contributed by atoms with Gasteiger partial charge in [-0.25, -0.2) is 0 Å². The van der Waals surface area contributed by atoms with E-state index < -0.39 is 23.7 Å². The molecule has 1 saturated carbocycles. The highest BCUT2D eigenvalue weighted by molar-refractivity contribution is 5.93. The maximum absolute atomic E-state index is 13.0. The van der Waals surface area contributed by atoms with Crippen molar-refractivity contribution in [3.63, 3.8) is 0 Å². The molecule has 0 heterocycles. The van der Waals surface area contributed by atoms with E-state index in [1.807, 2.05) is 0 Å². The van der Waals surface area contributed by atoms with Crippen molar-refractivity contribution in [3.8, 4) is 0 Å². The van der Waals surface area contributed by atoms with Crippen LogP contribution in [0.25, 0.3) is 0 Å². The number of para-hydroxylation sites is 1. The van der Waals surface area contributed by atoms with Crippen molar-refractivity contribution >= 4 is 17.5 Å². The zero-order valence-corrected chi connectivity index (χ0v) is 16.5. The van der Waals surface area contributed by atoms with Crippen molar-refractivity contribution < 1.29 is 22.8 Å². The molecule has 0 aromatic heterocycles. The van der Waals surface area contributed by atoms with Gasteiger partial charge in [0.2, 0.25) is 11.8 Å². The second-order valence-electron chi connectivity index (χ2n) is 7.56. The molecule has 1 fully saturated rings. The van der Waals surface area contributed by atoms with Crippen LogP contribution in [0.4, 0.5) is 18.9 Å². The van der Waals surface area contributed by atoms with Crippen LogP contribution in [0.15, 0.2) is 24.3 Å². The number of carbonyl (C=O) groups is 2. The summed E-state index contributed by atoms with van der Waals surface area (Å²) in [6.45, 7) is 3.60. The highest BCUT2D eigenvalue weighted by Crippen LogP contribution is 2.34. The van der Waals surface area contributed by atoms with Gasteiger partial charge in [-0.15, -0.1) is 0 Å². The summed E-state index contributed by atoms with van der Waals surface area (Å²) >= 11 is 0. The Morgan fingerprint density at radius 1 is 1.21 bits per heavy atom. The molecule has 2 rings (SSSR count). The summed E-state index contributed by atoms with van der Waals surface area (Å²) in [5.74, 6) is -0.369. The molecule has 2 N–H and O–H groups in total. The standard InChI is InChI=1S/C20H28F3N3O2/c1-13-8-4-6-10-16(13)25-19(28)14(2)26(3)12-18(27)24-17-11-7-5-9-15(17)20(21,22)23/h5,7,9,11,13-14,16H,4,6,8,10,12H2,1-3H3,(H,24,27)(H,25,28)/t13-,14+,16+/m0/s1. The first kappa shape index (κ1) is 22.2. The molecule has 8 heteroatoms. The van der Waals surface area contributed by atoms with Gasteiger partial charge in [-0.2, -0.15) is 13.2 Å². The number of anilines is 1. The van der Waals surface area contributed by atoms with Gasteiger partial charge in [0.25, 0.3) is 0 Å². The first-order chi connectivity index (χ1) is 13.1. The number of nitrogens with zero attached hydrogens (tertiary/aromatic N) is 1. The Bertz CT molecular complexity index is 694. The highest BCUT2D eigenvalue weighted by atomic mass is 19.4. The van der Waals surface area contributed by atoms with E-state index in [1.165, 1.54) is 29.5 Å². The Kier molecular flexibility index (Phi) is 7.46. The van der Waals surface area contributed by atoms with E-state index in [2.05, 4.69) is 17.6 Å². The van der Waals surface area contributed by atoms with Gasteiger partial charge < -0.3 is 10.6 Å². The molecular formula is C20H28F3N3O2. The molecular weight excluding hydrogens is 371 g/mol. The molecule has 0 saturated heterocycles. The minimum atomic E-state index is -4.56. The van der Waals surface area contributed by atoms with Crippen molar-refractivity contribution in [2.24, 2.45) is 5.92 Å². The number of hydrogen-bond acceptors (Lipinski definition) is 3. The van der Waals surface area contributed by atoms with E-state index in [-0.39, 0.29) is 24.2 Å². The predicted molar refractivity (Wildman–Crippen MR) is 102 cm³/mol. The quantitative estimate of drug-likeness (QED) is 0.768. The minimum Gasteiger partial charge on any atom is -0.352 e. The third-order valence-corrected chi connectivity index (χ3v) is 5.38. The number of likely N-dealkylation sites (N-methyl/N-ethyl adjacent to an activating group) is 1. The maximum Gasteiger partial charge on any atom is 0.418 e. The van der Waals surface area contributed by atoms with Crippen LogP contribution in [0.2, 0.25) is 0 Å². The van der Waals surface area contributed by atoms with Crippen LogP contribution >= 0.6 is 0 Å². The minimum absolute atomic E-state index is 0.129. The number of benzene rings is 1. The Balaban J connectivity index is 1.92. The summed E-state index contributed by atoms with van der Waals surface area (Å²) in [5, 5.41) is 5.34. The summed E-state index contributed by atoms with van der Waals surface area (Å²) in [4.78, 5) is 26.2. The number of carbonyl (C=O) groups excluding carboxylic acids is 2. The van der Waals surface area contributed by atoms with E-state index in [9.17, 15) is 22.8 Å². The second kappa shape index (κ2) is 9.41. The SMILES string of the molecule is C[C@H](C(=O)N[C@@H]1CCCC[C@@H]1C)N(C)CC(=O)Nc1ccccc1C(F)(F)F. The summed E-state index contributed by atoms with van der Waals surface area (Å²) in [7, 11) is 1.60. The van der Waals surface area contributed by atoms with Crippen LogP contribution in [0, 0.1) is 5.92 Å². The molecule has 1 aromatic carbocycles.